The van der Waals surface area contributed by atoms with Gasteiger partial charge < -0.3 is 9.88 Å². The summed E-state index contributed by atoms with van der Waals surface area (Å²) in [6.07, 6.45) is 6.98. The summed E-state index contributed by atoms with van der Waals surface area (Å²) in [5.74, 6) is 1.79. The van der Waals surface area contributed by atoms with Crippen LogP contribution >= 0.6 is 0 Å². The van der Waals surface area contributed by atoms with Crippen molar-refractivity contribution >= 4 is 0 Å². The SMILES string of the molecule is c1cn(-c2ccc(CN3CCC4CNCC4C3)cc2)cn1. The maximum Gasteiger partial charge on any atom is 0.0991 e. The molecule has 110 valence electrons. The number of likely N-dealkylation sites (tertiary alicyclic amines) is 1. The second kappa shape index (κ2) is 5.62. The molecule has 2 fully saturated rings. The molecule has 2 unspecified atom stereocenters. The third kappa shape index (κ3) is 2.74. The first kappa shape index (κ1) is 13.0. The highest BCUT2D eigenvalue weighted by Crippen LogP contribution is 2.27. The van der Waals surface area contributed by atoms with Crippen molar-refractivity contribution in [2.24, 2.45) is 11.8 Å². The van der Waals surface area contributed by atoms with Crippen LogP contribution in [0.2, 0.25) is 0 Å². The summed E-state index contributed by atoms with van der Waals surface area (Å²) in [5, 5.41) is 3.54. The molecule has 1 aromatic carbocycles. The Morgan fingerprint density at radius 1 is 1.14 bits per heavy atom. The first-order valence-corrected chi connectivity index (χ1v) is 7.89. The highest BCUT2D eigenvalue weighted by Gasteiger charge is 2.32. The van der Waals surface area contributed by atoms with E-state index in [1.165, 1.54) is 43.9 Å². The molecule has 0 amide bonds. The van der Waals surface area contributed by atoms with Gasteiger partial charge in [-0.1, -0.05) is 12.1 Å². The van der Waals surface area contributed by atoms with E-state index in [0.29, 0.717) is 0 Å². The van der Waals surface area contributed by atoms with Gasteiger partial charge in [-0.15, -0.1) is 0 Å². The Hall–Kier alpha value is -1.65. The van der Waals surface area contributed by atoms with E-state index in [1.54, 1.807) is 0 Å². The number of hydrogen-bond acceptors (Lipinski definition) is 3. The second-order valence-corrected chi connectivity index (χ2v) is 6.34. The molecule has 4 heteroatoms. The van der Waals surface area contributed by atoms with Crippen LogP contribution in [-0.4, -0.2) is 40.6 Å². The third-order valence-corrected chi connectivity index (χ3v) is 4.93. The van der Waals surface area contributed by atoms with E-state index in [1.807, 2.05) is 23.3 Å². The number of benzene rings is 1. The van der Waals surface area contributed by atoms with Crippen LogP contribution in [0.3, 0.4) is 0 Å². The topological polar surface area (TPSA) is 33.1 Å². The lowest BCUT2D eigenvalue weighted by molar-refractivity contribution is 0.142. The van der Waals surface area contributed by atoms with E-state index in [-0.39, 0.29) is 0 Å². The minimum absolute atomic E-state index is 0.865. The quantitative estimate of drug-likeness (QED) is 0.933. The fourth-order valence-corrected chi connectivity index (χ4v) is 3.70. The van der Waals surface area contributed by atoms with E-state index >= 15 is 0 Å². The van der Waals surface area contributed by atoms with Gasteiger partial charge in [0, 0.05) is 31.2 Å². The van der Waals surface area contributed by atoms with Gasteiger partial charge in [0.25, 0.3) is 0 Å². The molecule has 4 nitrogen and oxygen atoms in total. The molecule has 0 aliphatic carbocycles. The molecule has 3 heterocycles. The number of imidazole rings is 1. The molecule has 21 heavy (non-hydrogen) atoms. The number of nitrogens with one attached hydrogen (secondary N) is 1. The maximum absolute atomic E-state index is 4.09. The summed E-state index contributed by atoms with van der Waals surface area (Å²) in [7, 11) is 0. The van der Waals surface area contributed by atoms with E-state index in [0.717, 1.165) is 18.4 Å². The molecular formula is C17H22N4. The average Bonchev–Trinajstić information content (AvgIpc) is 3.19. The minimum atomic E-state index is 0.865. The Morgan fingerprint density at radius 3 is 2.81 bits per heavy atom. The lowest BCUT2D eigenvalue weighted by Crippen LogP contribution is -2.39. The molecule has 2 aromatic rings. The Labute approximate surface area is 125 Å². The summed E-state index contributed by atoms with van der Waals surface area (Å²) < 4.78 is 2.04. The van der Waals surface area contributed by atoms with Crippen molar-refractivity contribution in [2.45, 2.75) is 13.0 Å². The normalized spacial score (nSPS) is 25.9. The fraction of sp³-hybridized carbons (Fsp3) is 0.471. The van der Waals surface area contributed by atoms with Crippen LogP contribution in [0.25, 0.3) is 5.69 Å². The van der Waals surface area contributed by atoms with E-state index in [2.05, 4.69) is 39.5 Å². The highest BCUT2D eigenvalue weighted by molar-refractivity contribution is 5.34. The highest BCUT2D eigenvalue weighted by atomic mass is 15.1. The molecule has 0 radical (unpaired) electrons. The average molecular weight is 282 g/mol. The predicted octanol–water partition coefficient (Wildman–Crippen LogP) is 1.91. The Kier molecular flexibility index (Phi) is 3.49. The molecule has 1 N–H and O–H groups in total. The van der Waals surface area contributed by atoms with Crippen LogP contribution in [0, 0.1) is 11.8 Å². The molecule has 1 aromatic heterocycles. The summed E-state index contributed by atoms with van der Waals surface area (Å²) in [6, 6.07) is 8.85. The first-order chi connectivity index (χ1) is 10.4. The number of rotatable bonds is 3. The van der Waals surface area contributed by atoms with Gasteiger partial charge >= 0.3 is 0 Å². The van der Waals surface area contributed by atoms with Crippen molar-refractivity contribution in [3.05, 3.63) is 48.5 Å². The van der Waals surface area contributed by atoms with Crippen LogP contribution in [0.5, 0.6) is 0 Å². The Bertz CT molecular complexity index is 575. The van der Waals surface area contributed by atoms with Crippen molar-refractivity contribution in [1.82, 2.24) is 19.8 Å². The van der Waals surface area contributed by atoms with Crippen LogP contribution in [0.15, 0.2) is 43.0 Å². The maximum atomic E-state index is 4.09. The lowest BCUT2D eigenvalue weighted by atomic mass is 9.88. The van der Waals surface area contributed by atoms with Crippen molar-refractivity contribution in [3.8, 4) is 5.69 Å². The molecule has 0 saturated carbocycles. The van der Waals surface area contributed by atoms with Gasteiger partial charge in [0.1, 0.15) is 0 Å². The molecule has 2 saturated heterocycles. The third-order valence-electron chi connectivity index (χ3n) is 4.93. The smallest absolute Gasteiger partial charge is 0.0991 e. The Balaban J connectivity index is 1.41. The molecule has 0 bridgehead atoms. The molecule has 0 spiro atoms. The zero-order valence-corrected chi connectivity index (χ0v) is 12.3. The summed E-state index contributed by atoms with van der Waals surface area (Å²) in [6.45, 7) is 6.01. The van der Waals surface area contributed by atoms with Crippen molar-refractivity contribution in [2.75, 3.05) is 26.2 Å². The fourth-order valence-electron chi connectivity index (χ4n) is 3.70. The molecule has 4 rings (SSSR count). The first-order valence-electron chi connectivity index (χ1n) is 7.89. The number of aromatic nitrogens is 2. The Morgan fingerprint density at radius 2 is 2.00 bits per heavy atom. The van der Waals surface area contributed by atoms with Gasteiger partial charge in [-0.2, -0.15) is 0 Å². The van der Waals surface area contributed by atoms with Crippen LogP contribution < -0.4 is 5.32 Å². The van der Waals surface area contributed by atoms with Gasteiger partial charge in [0.15, 0.2) is 0 Å². The zero-order chi connectivity index (χ0) is 14.1. The lowest BCUT2D eigenvalue weighted by Gasteiger charge is -2.34. The van der Waals surface area contributed by atoms with Gasteiger partial charge in [-0.05, 0) is 55.6 Å². The standard InChI is InChI=1S/C17H22N4/c1-3-17(21-8-6-18-13-21)4-2-14(1)11-20-7-5-15-9-19-10-16(15)12-20/h1-4,6,8,13,15-16,19H,5,7,9-12H2. The monoisotopic (exact) mass is 282 g/mol. The number of nitrogens with zero attached hydrogens (tertiary/aromatic N) is 3. The molecule has 2 aliphatic heterocycles. The second-order valence-electron chi connectivity index (χ2n) is 6.34. The largest absolute Gasteiger partial charge is 0.316 e. The van der Waals surface area contributed by atoms with E-state index < -0.39 is 0 Å². The minimum Gasteiger partial charge on any atom is -0.316 e. The van der Waals surface area contributed by atoms with Crippen molar-refractivity contribution in [3.63, 3.8) is 0 Å². The van der Waals surface area contributed by atoms with Crippen molar-refractivity contribution in [1.29, 1.82) is 0 Å². The van der Waals surface area contributed by atoms with Gasteiger partial charge in [-0.3, -0.25) is 4.90 Å². The van der Waals surface area contributed by atoms with Crippen LogP contribution in [0.1, 0.15) is 12.0 Å². The predicted molar refractivity (Wildman–Crippen MR) is 83.3 cm³/mol. The molecule has 2 atom stereocenters. The zero-order valence-electron chi connectivity index (χ0n) is 12.3. The molecular weight excluding hydrogens is 260 g/mol. The van der Waals surface area contributed by atoms with E-state index in [9.17, 15) is 0 Å². The summed E-state index contributed by atoms with van der Waals surface area (Å²) in [5.41, 5.74) is 2.58. The van der Waals surface area contributed by atoms with Crippen LogP contribution in [-0.2, 0) is 6.54 Å². The van der Waals surface area contributed by atoms with Crippen LogP contribution in [0.4, 0.5) is 0 Å². The summed E-state index contributed by atoms with van der Waals surface area (Å²) in [4.78, 5) is 6.71. The van der Waals surface area contributed by atoms with Gasteiger partial charge in [0.2, 0.25) is 0 Å². The number of piperidine rings is 1. The van der Waals surface area contributed by atoms with Gasteiger partial charge in [-0.25, -0.2) is 4.98 Å². The number of hydrogen-bond donors (Lipinski definition) is 1. The molecule has 2 aliphatic rings. The van der Waals surface area contributed by atoms with E-state index in [4.69, 9.17) is 0 Å². The number of fused-ring (bicyclic) bond motifs is 1. The van der Waals surface area contributed by atoms with Crippen molar-refractivity contribution < 1.29 is 0 Å². The van der Waals surface area contributed by atoms with Gasteiger partial charge in [0.05, 0.1) is 6.33 Å². The summed E-state index contributed by atoms with van der Waals surface area (Å²) >= 11 is 0.